The maximum Gasteiger partial charge on any atom is 0.327 e. The summed E-state index contributed by atoms with van der Waals surface area (Å²) in [6, 6.07) is 16.1. The highest BCUT2D eigenvalue weighted by Gasteiger charge is 2.25. The number of nitrogens with zero attached hydrogens (tertiary/aromatic N) is 2. The number of halogens is 1. The predicted molar refractivity (Wildman–Crippen MR) is 106 cm³/mol. The normalized spacial score (nSPS) is 12.9. The monoisotopic (exact) mass is 377 g/mol. The number of ether oxygens (including phenoxy) is 1. The number of para-hydroxylation sites is 1. The van der Waals surface area contributed by atoms with Crippen molar-refractivity contribution >= 4 is 17.5 Å². The summed E-state index contributed by atoms with van der Waals surface area (Å²) in [6.07, 6.45) is 2.24. The maximum absolute atomic E-state index is 13.8. The van der Waals surface area contributed by atoms with Gasteiger partial charge in [-0.2, -0.15) is 0 Å². The summed E-state index contributed by atoms with van der Waals surface area (Å²) < 4.78 is 19.5. The van der Waals surface area contributed by atoms with Gasteiger partial charge in [0.1, 0.15) is 12.4 Å². The Hall–Kier alpha value is -3.41. The summed E-state index contributed by atoms with van der Waals surface area (Å²) in [5.74, 6) is 0.821. The van der Waals surface area contributed by atoms with Crippen LogP contribution < -0.4 is 15.0 Å². The van der Waals surface area contributed by atoms with Crippen molar-refractivity contribution < 1.29 is 13.9 Å². The summed E-state index contributed by atoms with van der Waals surface area (Å²) in [5, 5.41) is 2.87. The van der Waals surface area contributed by atoms with Gasteiger partial charge in [-0.3, -0.25) is 4.90 Å². The minimum atomic E-state index is -0.253. The lowest BCUT2D eigenvalue weighted by molar-refractivity contribution is 0.249. The van der Waals surface area contributed by atoms with Gasteiger partial charge in [0, 0.05) is 11.9 Å². The highest BCUT2D eigenvalue weighted by atomic mass is 19.1. The molecule has 1 N–H and O–H groups in total. The van der Waals surface area contributed by atoms with Gasteiger partial charge in [0.15, 0.2) is 11.6 Å². The molecule has 2 aromatic carbocycles. The van der Waals surface area contributed by atoms with E-state index in [0.29, 0.717) is 36.7 Å². The molecule has 2 heterocycles. The minimum absolute atomic E-state index is 0.219. The molecule has 0 spiro atoms. The maximum atomic E-state index is 13.8. The van der Waals surface area contributed by atoms with Crippen LogP contribution in [0.25, 0.3) is 0 Å². The summed E-state index contributed by atoms with van der Waals surface area (Å²) >= 11 is 0. The standard InChI is InChI=1S/C22H20FN3O2/c1-15-7-8-16(12-19(15)23)11-17-13-20-21(24-14-17)26(9-10-28-20)22(27)25-18-5-3-2-4-6-18/h2-8,12-14H,9-11H2,1H3,(H,25,27). The molecule has 1 aromatic heterocycles. The van der Waals surface area contributed by atoms with E-state index in [1.54, 1.807) is 24.1 Å². The van der Waals surface area contributed by atoms with Gasteiger partial charge in [-0.15, -0.1) is 0 Å². The van der Waals surface area contributed by atoms with Crippen molar-refractivity contribution in [2.75, 3.05) is 23.4 Å². The van der Waals surface area contributed by atoms with Crippen LogP contribution >= 0.6 is 0 Å². The first kappa shape index (κ1) is 18.0. The summed E-state index contributed by atoms with van der Waals surface area (Å²) in [7, 11) is 0. The van der Waals surface area contributed by atoms with E-state index in [-0.39, 0.29) is 11.8 Å². The second kappa shape index (κ2) is 7.68. The fraction of sp³-hybridized carbons (Fsp3) is 0.182. The minimum Gasteiger partial charge on any atom is -0.488 e. The molecule has 2 amide bonds. The van der Waals surface area contributed by atoms with Crippen LogP contribution in [0, 0.1) is 12.7 Å². The zero-order valence-electron chi connectivity index (χ0n) is 15.5. The first-order valence-electron chi connectivity index (χ1n) is 9.10. The van der Waals surface area contributed by atoms with Gasteiger partial charge >= 0.3 is 6.03 Å². The lowest BCUT2D eigenvalue weighted by Gasteiger charge is -2.28. The third kappa shape index (κ3) is 3.81. The van der Waals surface area contributed by atoms with Crippen LogP contribution in [-0.2, 0) is 6.42 Å². The number of anilines is 2. The number of hydrogen-bond acceptors (Lipinski definition) is 3. The van der Waals surface area contributed by atoms with E-state index in [0.717, 1.165) is 16.8 Å². The molecular weight excluding hydrogens is 357 g/mol. The number of aryl methyl sites for hydroxylation is 1. The molecule has 0 saturated carbocycles. The van der Waals surface area contributed by atoms with Crippen molar-refractivity contribution in [2.24, 2.45) is 0 Å². The second-order valence-electron chi connectivity index (χ2n) is 6.72. The number of benzene rings is 2. The number of nitrogens with one attached hydrogen (secondary N) is 1. The Morgan fingerprint density at radius 2 is 2.00 bits per heavy atom. The van der Waals surface area contributed by atoms with Crippen molar-refractivity contribution in [3.05, 3.63) is 83.3 Å². The molecule has 28 heavy (non-hydrogen) atoms. The Bertz CT molecular complexity index is 1010. The number of carbonyl (C=O) groups excluding carboxylic acids is 1. The van der Waals surface area contributed by atoms with Crippen molar-refractivity contribution in [3.8, 4) is 5.75 Å². The molecule has 142 valence electrons. The molecule has 0 atom stereocenters. The number of amides is 2. The van der Waals surface area contributed by atoms with E-state index >= 15 is 0 Å². The molecule has 1 aliphatic rings. The molecule has 0 aliphatic carbocycles. The van der Waals surface area contributed by atoms with E-state index in [4.69, 9.17) is 4.74 Å². The molecule has 3 aromatic rings. The number of fused-ring (bicyclic) bond motifs is 1. The molecule has 6 heteroatoms. The van der Waals surface area contributed by atoms with Crippen molar-refractivity contribution in [1.29, 1.82) is 0 Å². The van der Waals surface area contributed by atoms with Gasteiger partial charge in [-0.1, -0.05) is 30.3 Å². The number of carbonyl (C=O) groups is 1. The summed E-state index contributed by atoms with van der Waals surface area (Å²) in [6.45, 7) is 2.54. The van der Waals surface area contributed by atoms with Crippen molar-refractivity contribution in [3.63, 3.8) is 0 Å². The van der Waals surface area contributed by atoms with Crippen LogP contribution in [0.5, 0.6) is 5.75 Å². The molecule has 0 bridgehead atoms. The third-order valence-electron chi connectivity index (χ3n) is 4.63. The van der Waals surface area contributed by atoms with Gasteiger partial charge in [-0.05, 0) is 54.3 Å². The van der Waals surface area contributed by atoms with Crippen LogP contribution in [0.2, 0.25) is 0 Å². The average molecular weight is 377 g/mol. The number of hydrogen-bond donors (Lipinski definition) is 1. The van der Waals surface area contributed by atoms with Crippen LogP contribution in [0.15, 0.2) is 60.8 Å². The van der Waals surface area contributed by atoms with Crippen LogP contribution in [0.3, 0.4) is 0 Å². The van der Waals surface area contributed by atoms with E-state index in [2.05, 4.69) is 10.3 Å². The Morgan fingerprint density at radius 1 is 1.18 bits per heavy atom. The Balaban J connectivity index is 1.53. The number of urea groups is 1. The summed E-state index contributed by atoms with van der Waals surface area (Å²) in [5.41, 5.74) is 3.10. The molecule has 0 fully saturated rings. The largest absolute Gasteiger partial charge is 0.488 e. The molecule has 0 radical (unpaired) electrons. The average Bonchev–Trinajstić information content (AvgIpc) is 2.71. The van der Waals surface area contributed by atoms with Gasteiger partial charge in [0.25, 0.3) is 0 Å². The SMILES string of the molecule is Cc1ccc(Cc2cnc3c(c2)OCCN3C(=O)Nc2ccccc2)cc1F. The zero-order chi connectivity index (χ0) is 19.5. The highest BCUT2D eigenvalue weighted by Crippen LogP contribution is 2.31. The van der Waals surface area contributed by atoms with E-state index in [9.17, 15) is 9.18 Å². The Kier molecular flexibility index (Phi) is 4.93. The predicted octanol–water partition coefficient (Wildman–Crippen LogP) is 4.55. The Labute approximate surface area is 162 Å². The van der Waals surface area contributed by atoms with Gasteiger partial charge in [0.05, 0.1) is 6.54 Å². The lowest BCUT2D eigenvalue weighted by Crippen LogP contribution is -2.41. The van der Waals surface area contributed by atoms with E-state index in [1.807, 2.05) is 42.5 Å². The number of aromatic nitrogens is 1. The van der Waals surface area contributed by atoms with Gasteiger partial charge in [0.2, 0.25) is 0 Å². The van der Waals surface area contributed by atoms with Gasteiger partial charge in [-0.25, -0.2) is 14.2 Å². The second-order valence-corrected chi connectivity index (χ2v) is 6.72. The van der Waals surface area contributed by atoms with Crippen LogP contribution in [0.1, 0.15) is 16.7 Å². The third-order valence-corrected chi connectivity index (χ3v) is 4.63. The summed E-state index contributed by atoms with van der Waals surface area (Å²) in [4.78, 5) is 18.7. The molecule has 0 saturated heterocycles. The fourth-order valence-corrected chi connectivity index (χ4v) is 3.13. The topological polar surface area (TPSA) is 54.5 Å². The molecule has 0 unspecified atom stereocenters. The van der Waals surface area contributed by atoms with Crippen LogP contribution in [0.4, 0.5) is 20.7 Å². The number of pyridine rings is 1. The Morgan fingerprint density at radius 3 is 2.79 bits per heavy atom. The zero-order valence-corrected chi connectivity index (χ0v) is 15.5. The molecule has 1 aliphatic heterocycles. The lowest BCUT2D eigenvalue weighted by atomic mass is 10.0. The van der Waals surface area contributed by atoms with Gasteiger partial charge < -0.3 is 10.1 Å². The molecule has 4 rings (SSSR count). The number of rotatable bonds is 3. The first-order chi connectivity index (χ1) is 13.6. The quantitative estimate of drug-likeness (QED) is 0.728. The fourth-order valence-electron chi connectivity index (χ4n) is 3.13. The van der Waals surface area contributed by atoms with E-state index < -0.39 is 0 Å². The smallest absolute Gasteiger partial charge is 0.327 e. The van der Waals surface area contributed by atoms with Crippen molar-refractivity contribution in [2.45, 2.75) is 13.3 Å². The van der Waals surface area contributed by atoms with E-state index in [1.165, 1.54) is 6.07 Å². The first-order valence-corrected chi connectivity index (χ1v) is 9.10. The highest BCUT2D eigenvalue weighted by molar-refractivity contribution is 6.02. The van der Waals surface area contributed by atoms with Crippen LogP contribution in [-0.4, -0.2) is 24.2 Å². The molecule has 5 nitrogen and oxygen atoms in total. The van der Waals surface area contributed by atoms with Crippen molar-refractivity contribution in [1.82, 2.24) is 4.98 Å². The molecular formula is C22H20FN3O2.